The van der Waals surface area contributed by atoms with Crippen molar-refractivity contribution in [1.29, 1.82) is 0 Å². The SMILES string of the molecule is CC(C)(C)OC(=O)n1ccnc1N=C(N)N. The summed E-state index contributed by atoms with van der Waals surface area (Å²) in [7, 11) is 0. The van der Waals surface area contributed by atoms with E-state index in [0.717, 1.165) is 4.57 Å². The van der Waals surface area contributed by atoms with Crippen molar-refractivity contribution >= 4 is 18.0 Å². The van der Waals surface area contributed by atoms with Crippen molar-refractivity contribution in [3.8, 4) is 0 Å². The molecule has 0 aliphatic rings. The standard InChI is InChI=1S/C9H15N5O2/c1-9(2,3)16-8(15)14-5-4-12-7(14)13-6(10)11/h4-5H,1-3H3,(H4,10,11,12,13). The Balaban J connectivity index is 2.93. The van der Waals surface area contributed by atoms with Crippen LogP contribution in [0.2, 0.25) is 0 Å². The minimum Gasteiger partial charge on any atom is -0.443 e. The minimum absolute atomic E-state index is 0.0919. The monoisotopic (exact) mass is 225 g/mol. The molecule has 0 aliphatic heterocycles. The van der Waals surface area contributed by atoms with Crippen LogP contribution in [0.25, 0.3) is 0 Å². The second kappa shape index (κ2) is 4.21. The number of guanidine groups is 1. The van der Waals surface area contributed by atoms with Gasteiger partial charge in [-0.15, -0.1) is 0 Å². The molecular weight excluding hydrogens is 210 g/mol. The van der Waals surface area contributed by atoms with Crippen molar-refractivity contribution in [1.82, 2.24) is 9.55 Å². The Kier molecular flexibility index (Phi) is 3.17. The fourth-order valence-corrected chi connectivity index (χ4v) is 0.947. The quantitative estimate of drug-likeness (QED) is 0.536. The lowest BCUT2D eigenvalue weighted by Gasteiger charge is -2.19. The Labute approximate surface area is 93.1 Å². The Bertz CT molecular complexity index is 412. The van der Waals surface area contributed by atoms with Gasteiger partial charge in [0.2, 0.25) is 5.95 Å². The highest BCUT2D eigenvalue weighted by atomic mass is 16.6. The topological polar surface area (TPSA) is 109 Å². The molecule has 0 aromatic carbocycles. The Morgan fingerprint density at radius 1 is 1.50 bits per heavy atom. The third kappa shape index (κ3) is 3.26. The molecule has 88 valence electrons. The number of carbonyl (C=O) groups excluding carboxylic acids is 1. The van der Waals surface area contributed by atoms with Gasteiger partial charge in [-0.25, -0.2) is 14.3 Å². The third-order valence-corrected chi connectivity index (χ3v) is 1.44. The van der Waals surface area contributed by atoms with Gasteiger partial charge in [-0.2, -0.15) is 4.99 Å². The predicted octanol–water partition coefficient (Wildman–Crippen LogP) is 0.571. The molecule has 0 aliphatic carbocycles. The zero-order valence-corrected chi connectivity index (χ0v) is 9.47. The van der Waals surface area contributed by atoms with E-state index >= 15 is 0 Å². The molecule has 0 radical (unpaired) electrons. The molecule has 0 bridgehead atoms. The van der Waals surface area contributed by atoms with E-state index in [1.807, 2.05) is 0 Å². The summed E-state index contributed by atoms with van der Waals surface area (Å²) in [5, 5.41) is 0. The fraction of sp³-hybridized carbons (Fsp3) is 0.444. The first-order chi connectivity index (χ1) is 7.29. The van der Waals surface area contributed by atoms with Crippen LogP contribution < -0.4 is 11.5 Å². The van der Waals surface area contributed by atoms with Crippen LogP contribution in [0.1, 0.15) is 20.8 Å². The summed E-state index contributed by atoms with van der Waals surface area (Å²) in [5.41, 5.74) is 9.82. The van der Waals surface area contributed by atoms with Crippen molar-refractivity contribution in [2.24, 2.45) is 16.5 Å². The molecule has 1 aromatic rings. The zero-order chi connectivity index (χ0) is 12.3. The largest absolute Gasteiger partial charge is 0.443 e. The van der Waals surface area contributed by atoms with Crippen LogP contribution in [-0.2, 0) is 4.74 Å². The normalized spacial score (nSPS) is 10.9. The van der Waals surface area contributed by atoms with E-state index in [0.29, 0.717) is 0 Å². The van der Waals surface area contributed by atoms with Crippen molar-refractivity contribution in [3.05, 3.63) is 12.4 Å². The maximum Gasteiger partial charge on any atom is 0.421 e. The Morgan fingerprint density at radius 2 is 2.12 bits per heavy atom. The molecule has 16 heavy (non-hydrogen) atoms. The van der Waals surface area contributed by atoms with Gasteiger partial charge in [0.05, 0.1) is 0 Å². The van der Waals surface area contributed by atoms with Crippen LogP contribution in [0, 0.1) is 0 Å². The van der Waals surface area contributed by atoms with Crippen LogP contribution in [0.5, 0.6) is 0 Å². The van der Waals surface area contributed by atoms with Gasteiger partial charge in [0.15, 0.2) is 5.96 Å². The Hall–Kier alpha value is -2.05. The van der Waals surface area contributed by atoms with Gasteiger partial charge in [0.1, 0.15) is 5.60 Å². The van der Waals surface area contributed by atoms with Gasteiger partial charge in [0.25, 0.3) is 0 Å². The summed E-state index contributed by atoms with van der Waals surface area (Å²) in [6.45, 7) is 5.30. The molecule has 0 unspecified atom stereocenters. The van der Waals surface area contributed by atoms with E-state index in [4.69, 9.17) is 16.2 Å². The summed E-state index contributed by atoms with van der Waals surface area (Å²) in [6, 6.07) is 0. The molecule has 7 nitrogen and oxygen atoms in total. The highest BCUT2D eigenvalue weighted by Gasteiger charge is 2.19. The van der Waals surface area contributed by atoms with E-state index in [1.54, 1.807) is 20.8 Å². The summed E-state index contributed by atoms with van der Waals surface area (Å²) in [5.74, 6) is -0.0785. The van der Waals surface area contributed by atoms with Gasteiger partial charge >= 0.3 is 6.09 Å². The van der Waals surface area contributed by atoms with Crippen molar-refractivity contribution in [2.45, 2.75) is 26.4 Å². The number of hydrogen-bond donors (Lipinski definition) is 2. The van der Waals surface area contributed by atoms with E-state index in [9.17, 15) is 4.79 Å². The van der Waals surface area contributed by atoms with E-state index in [2.05, 4.69) is 9.98 Å². The van der Waals surface area contributed by atoms with Crippen molar-refractivity contribution in [2.75, 3.05) is 0 Å². The van der Waals surface area contributed by atoms with Crippen LogP contribution in [0.3, 0.4) is 0 Å². The van der Waals surface area contributed by atoms with E-state index in [-0.39, 0.29) is 11.9 Å². The summed E-state index contributed by atoms with van der Waals surface area (Å²) in [4.78, 5) is 19.2. The summed E-state index contributed by atoms with van der Waals surface area (Å²) in [6.07, 6.45) is 2.26. The number of nitrogens with zero attached hydrogens (tertiary/aromatic N) is 3. The van der Waals surface area contributed by atoms with Crippen molar-refractivity contribution in [3.63, 3.8) is 0 Å². The molecule has 0 atom stereocenters. The zero-order valence-electron chi connectivity index (χ0n) is 9.47. The number of imidazole rings is 1. The third-order valence-electron chi connectivity index (χ3n) is 1.44. The molecule has 0 saturated heterocycles. The number of aliphatic imine (C=N–C) groups is 1. The number of nitrogens with two attached hydrogens (primary N) is 2. The molecule has 4 N–H and O–H groups in total. The highest BCUT2D eigenvalue weighted by molar-refractivity contribution is 5.80. The van der Waals surface area contributed by atoms with Crippen molar-refractivity contribution < 1.29 is 9.53 Å². The molecule has 0 fully saturated rings. The maximum absolute atomic E-state index is 11.7. The van der Waals surface area contributed by atoms with Crippen LogP contribution in [-0.4, -0.2) is 27.2 Å². The molecule has 0 saturated carbocycles. The first-order valence-electron chi connectivity index (χ1n) is 4.66. The van der Waals surface area contributed by atoms with Gasteiger partial charge in [0, 0.05) is 12.4 Å². The number of hydrogen-bond acceptors (Lipinski definition) is 4. The second-order valence-electron chi connectivity index (χ2n) is 4.11. The smallest absolute Gasteiger partial charge is 0.421 e. The van der Waals surface area contributed by atoms with Crippen LogP contribution in [0.4, 0.5) is 10.7 Å². The van der Waals surface area contributed by atoms with E-state index < -0.39 is 11.7 Å². The second-order valence-corrected chi connectivity index (χ2v) is 4.11. The lowest BCUT2D eigenvalue weighted by atomic mass is 10.2. The summed E-state index contributed by atoms with van der Waals surface area (Å²) >= 11 is 0. The molecule has 7 heteroatoms. The van der Waals surface area contributed by atoms with Crippen LogP contribution >= 0.6 is 0 Å². The first kappa shape index (κ1) is 12.0. The predicted molar refractivity (Wildman–Crippen MR) is 59.3 cm³/mol. The highest BCUT2D eigenvalue weighted by Crippen LogP contribution is 2.13. The lowest BCUT2D eigenvalue weighted by Crippen LogP contribution is -2.27. The average molecular weight is 225 g/mol. The molecule has 0 amide bonds. The van der Waals surface area contributed by atoms with Gasteiger partial charge in [-0.05, 0) is 20.8 Å². The number of ether oxygens (including phenoxy) is 1. The molecular formula is C9H15N5O2. The van der Waals surface area contributed by atoms with E-state index in [1.165, 1.54) is 12.4 Å². The molecule has 1 heterocycles. The molecule has 0 spiro atoms. The number of carbonyl (C=O) groups is 1. The lowest BCUT2D eigenvalue weighted by molar-refractivity contribution is 0.0540. The van der Waals surface area contributed by atoms with Gasteiger partial charge in [-0.3, -0.25) is 0 Å². The minimum atomic E-state index is -0.587. The first-order valence-corrected chi connectivity index (χ1v) is 4.66. The average Bonchev–Trinajstić information content (AvgIpc) is 2.47. The fourth-order valence-electron chi connectivity index (χ4n) is 0.947. The van der Waals surface area contributed by atoms with Gasteiger partial charge < -0.3 is 16.2 Å². The van der Waals surface area contributed by atoms with Gasteiger partial charge in [-0.1, -0.05) is 0 Å². The molecule has 1 aromatic heterocycles. The number of aromatic nitrogens is 2. The Morgan fingerprint density at radius 3 is 2.62 bits per heavy atom. The molecule has 1 rings (SSSR count). The summed E-state index contributed by atoms with van der Waals surface area (Å²) < 4.78 is 6.27. The maximum atomic E-state index is 11.7. The number of rotatable bonds is 1. The van der Waals surface area contributed by atoms with Crippen LogP contribution in [0.15, 0.2) is 17.4 Å².